The molecule has 2 heterocycles. The Bertz CT molecular complexity index is 1280. The minimum absolute atomic E-state index is 0.0638. The molecule has 35 heavy (non-hydrogen) atoms. The fourth-order valence-electron chi connectivity index (χ4n) is 3.97. The summed E-state index contributed by atoms with van der Waals surface area (Å²) >= 11 is 0. The smallest absolute Gasteiger partial charge is 0.356 e. The molecule has 11 heteroatoms. The summed E-state index contributed by atoms with van der Waals surface area (Å²) in [6, 6.07) is 17.9. The molecule has 0 spiro atoms. The molecule has 4 rings (SSSR count). The number of amides is 1. The zero-order valence-corrected chi connectivity index (χ0v) is 19.7. The lowest BCUT2D eigenvalue weighted by atomic mass is 10.0. The van der Waals surface area contributed by atoms with Gasteiger partial charge in [0.05, 0.1) is 5.75 Å². The summed E-state index contributed by atoms with van der Waals surface area (Å²) in [7, 11) is -2.81. The Kier molecular flexibility index (Phi) is 6.70. The van der Waals surface area contributed by atoms with Crippen LogP contribution in [0.25, 0.3) is 0 Å². The number of hydrogen-bond acceptors (Lipinski definition) is 9. The summed E-state index contributed by atoms with van der Waals surface area (Å²) in [4.78, 5) is 43.2. The number of carbonyl (C=O) groups is 3. The zero-order valence-electron chi connectivity index (χ0n) is 18.9. The van der Waals surface area contributed by atoms with Crippen molar-refractivity contribution in [2.45, 2.75) is 18.4 Å². The van der Waals surface area contributed by atoms with E-state index < -0.39 is 51.5 Å². The van der Waals surface area contributed by atoms with Crippen LogP contribution in [-0.4, -0.2) is 61.7 Å². The Morgan fingerprint density at radius 2 is 1.63 bits per heavy atom. The number of hydrogen-bond donors (Lipinski definition) is 0. The lowest BCUT2D eigenvalue weighted by molar-refractivity contribution is -0.148. The van der Waals surface area contributed by atoms with Crippen LogP contribution in [0, 0.1) is 0 Å². The molecular formula is C24H22N2O8S. The van der Waals surface area contributed by atoms with Crippen LogP contribution in [0.15, 0.2) is 77.1 Å². The van der Waals surface area contributed by atoms with Crippen molar-refractivity contribution in [2.75, 3.05) is 19.5 Å². The van der Waals surface area contributed by atoms with Crippen LogP contribution in [0.1, 0.15) is 24.2 Å². The SMILES string of the molecule is CO/N=C1\C(=O)N2C(C(=O)OC(c3ccccc3)c3ccccc3)=C(COC(C)=O)CS(=O)(=O)[C@H]12. The molecule has 2 aliphatic heterocycles. The molecule has 1 fully saturated rings. The molecule has 2 aromatic rings. The Hall–Kier alpha value is -3.99. The normalized spacial score (nSPS) is 19.7. The first-order chi connectivity index (χ1) is 16.7. The highest BCUT2D eigenvalue weighted by Crippen LogP contribution is 2.37. The van der Waals surface area contributed by atoms with Crippen molar-refractivity contribution in [3.8, 4) is 0 Å². The number of fused-ring (bicyclic) bond motifs is 1. The summed E-state index contributed by atoms with van der Waals surface area (Å²) in [5, 5.41) is 2.03. The molecule has 2 aliphatic rings. The molecule has 182 valence electrons. The van der Waals surface area contributed by atoms with Gasteiger partial charge in [0.25, 0.3) is 5.91 Å². The lowest BCUT2D eigenvalue weighted by Crippen LogP contribution is -2.68. The highest BCUT2D eigenvalue weighted by Gasteiger charge is 2.59. The molecule has 0 unspecified atom stereocenters. The van der Waals surface area contributed by atoms with E-state index in [9.17, 15) is 22.8 Å². The number of carbonyl (C=O) groups excluding carboxylic acids is 3. The van der Waals surface area contributed by atoms with Crippen LogP contribution in [0.2, 0.25) is 0 Å². The Labute approximate surface area is 201 Å². The van der Waals surface area contributed by atoms with Gasteiger partial charge < -0.3 is 14.3 Å². The largest absolute Gasteiger partial charge is 0.461 e. The number of oxime groups is 1. The number of ether oxygens (including phenoxy) is 2. The van der Waals surface area contributed by atoms with E-state index in [1.807, 2.05) is 12.1 Å². The first-order valence-corrected chi connectivity index (χ1v) is 12.3. The third kappa shape index (κ3) is 4.67. The number of β-lactam (4-membered cyclic amide) rings is 1. The highest BCUT2D eigenvalue weighted by molar-refractivity contribution is 7.93. The van der Waals surface area contributed by atoms with E-state index in [1.54, 1.807) is 48.5 Å². The standard InChI is InChI=1S/C24H22N2O8S/c1-15(27)33-13-18-14-35(30,31)23-19(25-32-2)22(28)26(23)20(18)24(29)34-21(16-9-5-3-6-10-16)17-11-7-4-8-12-17/h3-12,21,23H,13-14H2,1-2H3/b25-19+/t23-/m1/s1. The molecule has 0 saturated carbocycles. The molecular weight excluding hydrogens is 476 g/mol. The topological polar surface area (TPSA) is 129 Å². The van der Waals surface area contributed by atoms with Crippen molar-refractivity contribution < 1.29 is 37.1 Å². The maximum absolute atomic E-state index is 13.5. The maximum Gasteiger partial charge on any atom is 0.356 e. The average Bonchev–Trinajstić information content (AvgIpc) is 2.84. The Morgan fingerprint density at radius 1 is 1.06 bits per heavy atom. The molecule has 0 N–H and O–H groups in total. The van der Waals surface area contributed by atoms with E-state index in [4.69, 9.17) is 9.47 Å². The van der Waals surface area contributed by atoms with Gasteiger partial charge in [0.2, 0.25) is 0 Å². The van der Waals surface area contributed by atoms with Crippen LogP contribution < -0.4 is 0 Å². The predicted molar refractivity (Wildman–Crippen MR) is 123 cm³/mol. The van der Waals surface area contributed by atoms with Crippen molar-refractivity contribution in [2.24, 2.45) is 5.16 Å². The van der Waals surface area contributed by atoms with Crippen molar-refractivity contribution in [3.05, 3.63) is 83.1 Å². The summed E-state index contributed by atoms with van der Waals surface area (Å²) < 4.78 is 36.7. The fraction of sp³-hybridized carbons (Fsp3) is 0.250. The first kappa shape index (κ1) is 24.1. The third-order valence-corrected chi connectivity index (χ3v) is 7.33. The second-order valence-corrected chi connectivity index (χ2v) is 9.89. The van der Waals surface area contributed by atoms with Crippen LogP contribution in [-0.2, 0) is 38.5 Å². The summed E-state index contributed by atoms with van der Waals surface area (Å²) in [5.41, 5.74) is 0.651. The molecule has 0 aromatic heterocycles. The van der Waals surface area contributed by atoms with E-state index in [0.29, 0.717) is 11.1 Å². The van der Waals surface area contributed by atoms with Gasteiger partial charge in [0.1, 0.15) is 19.4 Å². The fourth-order valence-corrected chi connectivity index (χ4v) is 5.84. The second kappa shape index (κ2) is 9.71. The number of benzene rings is 2. The minimum Gasteiger partial charge on any atom is -0.461 e. The van der Waals surface area contributed by atoms with Gasteiger partial charge in [-0.3, -0.25) is 14.5 Å². The average molecular weight is 499 g/mol. The molecule has 1 atom stereocenters. The summed E-state index contributed by atoms with van der Waals surface area (Å²) in [5.74, 6) is -3.05. The van der Waals surface area contributed by atoms with Gasteiger partial charge >= 0.3 is 11.9 Å². The lowest BCUT2D eigenvalue weighted by Gasteiger charge is -2.44. The van der Waals surface area contributed by atoms with E-state index in [0.717, 1.165) is 11.8 Å². The quantitative estimate of drug-likeness (QED) is 0.321. The van der Waals surface area contributed by atoms with Crippen molar-refractivity contribution in [1.29, 1.82) is 0 Å². The van der Waals surface area contributed by atoms with Gasteiger partial charge in [-0.25, -0.2) is 13.2 Å². The molecule has 1 amide bonds. The number of esters is 2. The number of sulfone groups is 1. The van der Waals surface area contributed by atoms with Gasteiger partial charge in [-0.15, -0.1) is 0 Å². The molecule has 0 aliphatic carbocycles. The van der Waals surface area contributed by atoms with E-state index in [1.165, 1.54) is 7.11 Å². The maximum atomic E-state index is 13.5. The van der Waals surface area contributed by atoms with Crippen LogP contribution in [0.5, 0.6) is 0 Å². The Balaban J connectivity index is 1.77. The summed E-state index contributed by atoms with van der Waals surface area (Å²) in [6.45, 7) is 0.658. The molecule has 1 saturated heterocycles. The van der Waals surface area contributed by atoms with E-state index in [-0.39, 0.29) is 17.0 Å². The van der Waals surface area contributed by atoms with Crippen LogP contribution >= 0.6 is 0 Å². The number of rotatable bonds is 7. The second-order valence-electron chi connectivity index (χ2n) is 7.83. The van der Waals surface area contributed by atoms with Gasteiger partial charge in [-0.2, -0.15) is 0 Å². The summed E-state index contributed by atoms with van der Waals surface area (Å²) in [6.07, 6.45) is -0.840. The molecule has 10 nitrogen and oxygen atoms in total. The van der Waals surface area contributed by atoms with Crippen molar-refractivity contribution in [3.63, 3.8) is 0 Å². The van der Waals surface area contributed by atoms with E-state index >= 15 is 0 Å². The first-order valence-electron chi connectivity index (χ1n) is 10.6. The predicted octanol–water partition coefficient (Wildman–Crippen LogP) is 1.74. The molecule has 0 bridgehead atoms. The minimum atomic E-state index is -3.99. The van der Waals surface area contributed by atoms with E-state index in [2.05, 4.69) is 9.99 Å². The van der Waals surface area contributed by atoms with Gasteiger partial charge in [-0.1, -0.05) is 65.8 Å². The molecule has 0 radical (unpaired) electrons. The zero-order chi connectivity index (χ0) is 25.2. The van der Waals surface area contributed by atoms with Crippen LogP contribution in [0.3, 0.4) is 0 Å². The van der Waals surface area contributed by atoms with Crippen LogP contribution in [0.4, 0.5) is 0 Å². The van der Waals surface area contributed by atoms with Crippen molar-refractivity contribution in [1.82, 2.24) is 4.90 Å². The third-order valence-electron chi connectivity index (χ3n) is 5.46. The van der Waals surface area contributed by atoms with Gasteiger partial charge in [0, 0.05) is 12.5 Å². The highest BCUT2D eigenvalue weighted by atomic mass is 32.2. The Morgan fingerprint density at radius 3 is 2.14 bits per heavy atom. The van der Waals surface area contributed by atoms with Crippen molar-refractivity contribution >= 4 is 33.4 Å². The molecule has 2 aromatic carbocycles. The number of nitrogens with zero attached hydrogens (tertiary/aromatic N) is 2. The van der Waals surface area contributed by atoms with Gasteiger partial charge in [-0.05, 0) is 11.1 Å². The van der Waals surface area contributed by atoms with Gasteiger partial charge in [0.15, 0.2) is 27.0 Å². The monoisotopic (exact) mass is 498 g/mol.